The molecule has 36 heavy (non-hydrogen) atoms. The predicted molar refractivity (Wildman–Crippen MR) is 132 cm³/mol. The van der Waals surface area contributed by atoms with Crippen molar-refractivity contribution >= 4 is 22.9 Å². The third-order valence-corrected chi connectivity index (χ3v) is 6.25. The number of anilines is 1. The Hall–Kier alpha value is -3.75. The van der Waals surface area contributed by atoms with E-state index in [9.17, 15) is 9.18 Å². The smallest absolute Gasteiger partial charge is 0.412 e. The topological polar surface area (TPSA) is 82.8 Å². The van der Waals surface area contributed by atoms with E-state index in [0.29, 0.717) is 12.2 Å². The third-order valence-electron chi connectivity index (χ3n) is 6.25. The maximum Gasteiger partial charge on any atom is 0.412 e. The van der Waals surface area contributed by atoms with E-state index in [-0.39, 0.29) is 29.3 Å². The highest BCUT2D eigenvalue weighted by Gasteiger charge is 2.36. The number of carbonyl (C=O) groups is 1. The standard InChI is InChI=1S/C23H19FN2O4.C5H8O/c1-28-20(16-10-6-3-7-11-16)22-26-19-18(13-12-17(24)21(19)30-22)25-23(27)29-14-15-8-4-2-5-9-15;1-2-5-3-4(1)6-5/h2-13,20H,14H2,1H3,(H,25,27);4-5H,1-3H2. The van der Waals surface area contributed by atoms with Gasteiger partial charge in [0.2, 0.25) is 5.89 Å². The number of amides is 1. The Morgan fingerprint density at radius 1 is 1.06 bits per heavy atom. The minimum atomic E-state index is -0.678. The van der Waals surface area contributed by atoms with E-state index in [0.717, 1.165) is 11.1 Å². The van der Waals surface area contributed by atoms with Crippen molar-refractivity contribution in [1.29, 1.82) is 0 Å². The highest BCUT2D eigenvalue weighted by molar-refractivity contribution is 5.96. The van der Waals surface area contributed by atoms with Gasteiger partial charge in [0.15, 0.2) is 17.5 Å². The molecule has 1 aliphatic carbocycles. The van der Waals surface area contributed by atoms with Crippen LogP contribution in [0, 0.1) is 5.82 Å². The van der Waals surface area contributed by atoms with Crippen molar-refractivity contribution in [2.24, 2.45) is 0 Å². The number of ether oxygens (including phenoxy) is 3. The van der Waals surface area contributed by atoms with Crippen LogP contribution in [0.15, 0.2) is 77.2 Å². The molecule has 3 fully saturated rings. The molecule has 0 radical (unpaired) electrons. The molecule has 3 unspecified atom stereocenters. The number of benzene rings is 3. The Morgan fingerprint density at radius 2 is 1.72 bits per heavy atom. The Bertz CT molecular complexity index is 1290. The van der Waals surface area contributed by atoms with Gasteiger partial charge in [-0.25, -0.2) is 14.2 Å². The number of carbonyl (C=O) groups excluding carboxylic acids is 1. The average molecular weight is 491 g/mol. The maximum absolute atomic E-state index is 14.3. The Kier molecular flexibility index (Phi) is 7.25. The number of halogens is 1. The zero-order chi connectivity index (χ0) is 24.9. The SMILES string of the molecule is C1CC2CC1O2.COC(c1ccccc1)c1nc2c(NC(=O)OCc3ccccc3)ccc(F)c2o1. The summed E-state index contributed by atoms with van der Waals surface area (Å²) in [5.74, 6) is -0.403. The molecule has 1 N–H and O–H groups in total. The lowest BCUT2D eigenvalue weighted by atomic mass is 10.1. The second kappa shape index (κ2) is 10.9. The van der Waals surface area contributed by atoms with Crippen molar-refractivity contribution in [3.63, 3.8) is 0 Å². The number of fused-ring (bicyclic) bond motifs is 2. The summed E-state index contributed by atoms with van der Waals surface area (Å²) < 4.78 is 36.0. The summed E-state index contributed by atoms with van der Waals surface area (Å²) in [5.41, 5.74) is 2.06. The van der Waals surface area contributed by atoms with Gasteiger partial charge in [-0.1, -0.05) is 60.7 Å². The van der Waals surface area contributed by atoms with Crippen molar-refractivity contribution < 1.29 is 27.8 Å². The van der Waals surface area contributed by atoms with Crippen LogP contribution < -0.4 is 5.32 Å². The van der Waals surface area contributed by atoms with Crippen molar-refractivity contribution in [2.45, 2.75) is 44.2 Å². The van der Waals surface area contributed by atoms with E-state index in [2.05, 4.69) is 10.3 Å². The summed E-state index contributed by atoms with van der Waals surface area (Å²) in [7, 11) is 1.52. The lowest BCUT2D eigenvalue weighted by Gasteiger charge is -2.23. The first kappa shape index (κ1) is 24.0. The van der Waals surface area contributed by atoms with Crippen molar-refractivity contribution in [1.82, 2.24) is 4.98 Å². The third kappa shape index (κ3) is 5.40. The molecule has 1 amide bonds. The molecule has 3 aromatic carbocycles. The molecule has 0 spiro atoms. The van der Waals surface area contributed by atoms with Crippen LogP contribution in [0.5, 0.6) is 0 Å². The van der Waals surface area contributed by atoms with E-state index in [1.807, 2.05) is 60.7 Å². The molecule has 7 nitrogen and oxygen atoms in total. The minimum Gasteiger partial charge on any atom is -0.444 e. The summed E-state index contributed by atoms with van der Waals surface area (Å²) in [6.07, 6.45) is 4.12. The number of nitrogens with one attached hydrogen (secondary N) is 1. The first-order valence-corrected chi connectivity index (χ1v) is 11.9. The minimum absolute atomic E-state index is 0.0659. The summed E-state index contributed by atoms with van der Waals surface area (Å²) in [5, 5.41) is 2.60. The fourth-order valence-corrected chi connectivity index (χ4v) is 4.38. The molecule has 4 aromatic rings. The average Bonchev–Trinajstić information content (AvgIpc) is 3.65. The van der Waals surface area contributed by atoms with Gasteiger partial charge >= 0.3 is 6.09 Å². The molecule has 186 valence electrons. The molecule has 7 rings (SSSR count). The summed E-state index contributed by atoms with van der Waals surface area (Å²) in [6.45, 7) is 0.112. The van der Waals surface area contributed by atoms with E-state index >= 15 is 0 Å². The number of aromatic nitrogens is 1. The van der Waals surface area contributed by atoms with Gasteiger partial charge in [-0.3, -0.25) is 5.32 Å². The maximum atomic E-state index is 14.3. The first-order valence-electron chi connectivity index (χ1n) is 11.9. The monoisotopic (exact) mass is 490 g/mol. The predicted octanol–water partition coefficient (Wildman–Crippen LogP) is 6.39. The van der Waals surface area contributed by atoms with Gasteiger partial charge in [0.1, 0.15) is 12.1 Å². The molecule has 2 saturated heterocycles. The van der Waals surface area contributed by atoms with E-state index in [4.69, 9.17) is 18.6 Å². The molecule has 1 aromatic heterocycles. The highest BCUT2D eigenvalue weighted by Crippen LogP contribution is 2.36. The fraction of sp³-hybridized carbons (Fsp3) is 0.286. The van der Waals surface area contributed by atoms with Gasteiger partial charge in [0, 0.05) is 7.11 Å². The fourth-order valence-electron chi connectivity index (χ4n) is 4.38. The summed E-state index contributed by atoms with van der Waals surface area (Å²) >= 11 is 0. The molecular formula is C28H27FN2O5. The van der Waals surface area contributed by atoms with Crippen LogP contribution in [-0.4, -0.2) is 30.4 Å². The van der Waals surface area contributed by atoms with Crippen molar-refractivity contribution in [3.05, 3.63) is 95.6 Å². The van der Waals surface area contributed by atoms with Crippen LogP contribution >= 0.6 is 0 Å². The van der Waals surface area contributed by atoms with E-state index in [1.54, 1.807) is 0 Å². The number of hydrogen-bond donors (Lipinski definition) is 1. The van der Waals surface area contributed by atoms with Gasteiger partial charge in [-0.15, -0.1) is 0 Å². The molecule has 8 heteroatoms. The molecule has 3 aliphatic rings. The molecule has 3 heterocycles. The Labute approximate surface area is 208 Å². The van der Waals surface area contributed by atoms with Crippen molar-refractivity contribution in [2.75, 3.05) is 12.4 Å². The number of hydrogen-bond acceptors (Lipinski definition) is 6. The zero-order valence-corrected chi connectivity index (χ0v) is 19.9. The van der Waals surface area contributed by atoms with E-state index in [1.165, 1.54) is 38.5 Å². The lowest BCUT2D eigenvalue weighted by molar-refractivity contribution is -0.0647. The van der Waals surface area contributed by atoms with Gasteiger partial charge in [-0.05, 0) is 42.5 Å². The number of oxazole rings is 1. The number of nitrogens with zero attached hydrogens (tertiary/aromatic N) is 1. The zero-order valence-electron chi connectivity index (χ0n) is 19.9. The van der Waals surface area contributed by atoms with Crippen LogP contribution in [0.4, 0.5) is 14.9 Å². The quantitative estimate of drug-likeness (QED) is 0.337. The Balaban J connectivity index is 0.000000382. The molecule has 1 saturated carbocycles. The largest absolute Gasteiger partial charge is 0.444 e. The van der Waals surface area contributed by atoms with Gasteiger partial charge < -0.3 is 18.6 Å². The van der Waals surface area contributed by atoms with Crippen LogP contribution in [0.25, 0.3) is 11.1 Å². The highest BCUT2D eigenvalue weighted by atomic mass is 19.1. The molecular weight excluding hydrogens is 463 g/mol. The summed E-state index contributed by atoms with van der Waals surface area (Å²) in [6, 6.07) is 21.2. The van der Waals surface area contributed by atoms with Gasteiger partial charge in [-0.2, -0.15) is 0 Å². The van der Waals surface area contributed by atoms with Gasteiger partial charge in [0.05, 0.1) is 17.9 Å². The van der Waals surface area contributed by atoms with Crippen molar-refractivity contribution in [3.8, 4) is 0 Å². The normalized spacial score (nSPS) is 18.6. The first-order chi connectivity index (χ1) is 17.6. The lowest BCUT2D eigenvalue weighted by Crippen LogP contribution is -2.25. The van der Waals surface area contributed by atoms with E-state index < -0.39 is 18.0 Å². The van der Waals surface area contributed by atoms with Crippen LogP contribution in [0.1, 0.15) is 42.4 Å². The summed E-state index contributed by atoms with van der Waals surface area (Å²) in [4.78, 5) is 16.6. The molecule has 2 aliphatic heterocycles. The second-order valence-corrected chi connectivity index (χ2v) is 8.73. The van der Waals surface area contributed by atoms with Crippen LogP contribution in [-0.2, 0) is 20.8 Å². The molecule has 2 bridgehead atoms. The second-order valence-electron chi connectivity index (χ2n) is 8.73. The van der Waals surface area contributed by atoms with Crippen LogP contribution in [0.3, 0.4) is 0 Å². The number of methoxy groups -OCH3 is 1. The van der Waals surface area contributed by atoms with Crippen LogP contribution in [0.2, 0.25) is 0 Å². The number of rotatable bonds is 6. The van der Waals surface area contributed by atoms with Gasteiger partial charge in [0.25, 0.3) is 0 Å². The Morgan fingerprint density at radius 3 is 2.33 bits per heavy atom. The molecule has 3 atom stereocenters.